The van der Waals surface area contributed by atoms with Gasteiger partial charge in [0.05, 0.1) is 23.2 Å². The molecule has 1 atom stereocenters. The summed E-state index contributed by atoms with van der Waals surface area (Å²) in [5.41, 5.74) is 1.64. The molecule has 0 aliphatic heterocycles. The Hall–Kier alpha value is -3.13. The summed E-state index contributed by atoms with van der Waals surface area (Å²) in [7, 11) is 0. The van der Waals surface area contributed by atoms with Crippen LogP contribution in [0.3, 0.4) is 0 Å². The Labute approximate surface area is 197 Å². The minimum Gasteiger partial charge on any atom is -0.353 e. The van der Waals surface area contributed by atoms with Crippen LogP contribution in [-0.4, -0.2) is 36.9 Å². The highest BCUT2D eigenvalue weighted by Gasteiger charge is 2.18. The molecule has 172 valence electrons. The van der Waals surface area contributed by atoms with Gasteiger partial charge in [0.1, 0.15) is 0 Å². The third kappa shape index (κ3) is 5.27. The van der Waals surface area contributed by atoms with Gasteiger partial charge in [-0.2, -0.15) is 0 Å². The molecule has 0 aliphatic carbocycles. The fourth-order valence-corrected chi connectivity index (χ4v) is 4.71. The van der Waals surface area contributed by atoms with Gasteiger partial charge in [0.15, 0.2) is 5.16 Å². The number of rotatable bonds is 10. The van der Waals surface area contributed by atoms with Crippen LogP contribution in [0, 0.1) is 0 Å². The Morgan fingerprint density at radius 3 is 2.61 bits per heavy atom. The number of nitrogens with zero attached hydrogens (tertiary/aromatic N) is 4. The summed E-state index contributed by atoms with van der Waals surface area (Å²) >= 11 is 1.33. The van der Waals surface area contributed by atoms with Crippen LogP contribution >= 0.6 is 11.8 Å². The SMILES string of the molecule is CCCCCC(C)NC(=O)CSc1nnc2n(Cc3ccccc3)c(=O)c3ccccc3n12. The first-order valence-electron chi connectivity index (χ1n) is 11.4. The molecule has 2 heterocycles. The zero-order valence-corrected chi connectivity index (χ0v) is 19.8. The van der Waals surface area contributed by atoms with Gasteiger partial charge in [0.2, 0.25) is 11.7 Å². The van der Waals surface area contributed by atoms with Gasteiger partial charge < -0.3 is 5.32 Å². The van der Waals surface area contributed by atoms with Crippen molar-refractivity contribution < 1.29 is 4.79 Å². The normalized spacial score (nSPS) is 12.3. The number of aromatic nitrogens is 4. The van der Waals surface area contributed by atoms with Crippen LogP contribution in [-0.2, 0) is 11.3 Å². The zero-order valence-electron chi connectivity index (χ0n) is 19.0. The summed E-state index contributed by atoms with van der Waals surface area (Å²) in [4.78, 5) is 25.8. The van der Waals surface area contributed by atoms with Gasteiger partial charge in [-0.15, -0.1) is 10.2 Å². The molecule has 0 aliphatic rings. The number of fused-ring (bicyclic) bond motifs is 3. The van der Waals surface area contributed by atoms with Crippen LogP contribution in [0.25, 0.3) is 16.7 Å². The fourth-order valence-electron chi connectivity index (χ4n) is 3.95. The number of benzene rings is 2. The number of hydrogen-bond donors (Lipinski definition) is 1. The van der Waals surface area contributed by atoms with Gasteiger partial charge >= 0.3 is 0 Å². The largest absolute Gasteiger partial charge is 0.353 e. The quantitative estimate of drug-likeness (QED) is 0.281. The van der Waals surface area contributed by atoms with Crippen molar-refractivity contribution in [2.45, 2.75) is 57.3 Å². The predicted octanol–water partition coefficient (Wildman–Crippen LogP) is 4.27. The summed E-state index contributed by atoms with van der Waals surface area (Å²) < 4.78 is 3.52. The third-order valence-electron chi connectivity index (χ3n) is 5.64. The van der Waals surface area contributed by atoms with Gasteiger partial charge in [-0.1, -0.05) is 80.4 Å². The molecule has 0 fully saturated rings. The van der Waals surface area contributed by atoms with E-state index in [4.69, 9.17) is 0 Å². The lowest BCUT2D eigenvalue weighted by molar-refractivity contribution is -0.119. The number of amides is 1. The molecule has 0 bridgehead atoms. The van der Waals surface area contributed by atoms with Gasteiger partial charge in [-0.05, 0) is 31.0 Å². The van der Waals surface area contributed by atoms with Crippen LogP contribution in [0.4, 0.5) is 0 Å². The standard InChI is InChI=1S/C25H29N5O2S/c1-3-4-6-11-18(2)26-22(31)17-33-25-28-27-24-29(16-19-12-7-5-8-13-19)23(32)20-14-9-10-15-21(20)30(24)25/h5,7-10,12-15,18H,3-4,6,11,16-17H2,1-2H3,(H,26,31). The fraction of sp³-hybridized carbons (Fsp3) is 0.360. The molecule has 1 unspecified atom stereocenters. The Balaban J connectivity index is 1.61. The molecule has 1 N–H and O–H groups in total. The molecule has 0 radical (unpaired) electrons. The van der Waals surface area contributed by atoms with E-state index in [9.17, 15) is 9.59 Å². The van der Waals surface area contributed by atoms with Crippen molar-refractivity contribution in [3.05, 3.63) is 70.5 Å². The molecule has 4 rings (SSSR count). The van der Waals surface area contributed by atoms with Gasteiger partial charge in [0, 0.05) is 6.04 Å². The lowest BCUT2D eigenvalue weighted by Crippen LogP contribution is -2.33. The zero-order chi connectivity index (χ0) is 23.2. The van der Waals surface area contributed by atoms with Crippen molar-refractivity contribution >= 4 is 34.3 Å². The maximum absolute atomic E-state index is 13.3. The Kier molecular flexibility index (Phi) is 7.44. The number of carbonyl (C=O) groups is 1. The molecule has 0 saturated carbocycles. The van der Waals surface area contributed by atoms with Gasteiger partial charge in [-0.25, -0.2) is 0 Å². The van der Waals surface area contributed by atoms with E-state index in [0.717, 1.165) is 23.9 Å². The number of unbranched alkanes of at least 4 members (excludes halogenated alkanes) is 2. The molecular formula is C25H29N5O2S. The second-order valence-electron chi connectivity index (χ2n) is 8.27. The third-order valence-corrected chi connectivity index (χ3v) is 6.57. The van der Waals surface area contributed by atoms with Gasteiger partial charge in [0.25, 0.3) is 5.56 Å². The topological polar surface area (TPSA) is 81.3 Å². The number of para-hydroxylation sites is 1. The molecule has 4 aromatic rings. The van der Waals surface area contributed by atoms with E-state index in [-0.39, 0.29) is 23.3 Å². The van der Waals surface area contributed by atoms with Crippen LogP contribution in [0.15, 0.2) is 64.5 Å². The smallest absolute Gasteiger partial charge is 0.263 e. The van der Waals surface area contributed by atoms with Crippen molar-refractivity contribution in [2.24, 2.45) is 0 Å². The Morgan fingerprint density at radius 1 is 1.06 bits per heavy atom. The highest BCUT2D eigenvalue weighted by Crippen LogP contribution is 2.22. The first-order valence-corrected chi connectivity index (χ1v) is 12.4. The lowest BCUT2D eigenvalue weighted by atomic mass is 10.1. The first kappa shape index (κ1) is 23.0. The second-order valence-corrected chi connectivity index (χ2v) is 9.21. The van der Waals surface area contributed by atoms with Crippen LogP contribution in [0.1, 0.15) is 45.1 Å². The Morgan fingerprint density at radius 2 is 1.82 bits per heavy atom. The molecule has 2 aromatic heterocycles. The summed E-state index contributed by atoms with van der Waals surface area (Å²) in [6.07, 6.45) is 4.44. The van der Waals surface area contributed by atoms with Crippen LogP contribution < -0.4 is 10.9 Å². The van der Waals surface area contributed by atoms with E-state index in [1.54, 1.807) is 4.57 Å². The second kappa shape index (κ2) is 10.7. The molecular weight excluding hydrogens is 434 g/mol. The van der Waals surface area contributed by atoms with Crippen molar-refractivity contribution in [1.29, 1.82) is 0 Å². The first-order chi connectivity index (χ1) is 16.1. The minimum atomic E-state index is -0.107. The number of carbonyl (C=O) groups excluding carboxylic acids is 1. The summed E-state index contributed by atoms with van der Waals surface area (Å²) in [6, 6.07) is 17.4. The van der Waals surface area contributed by atoms with E-state index in [0.29, 0.717) is 22.9 Å². The molecule has 2 aromatic carbocycles. The number of thioether (sulfide) groups is 1. The predicted molar refractivity (Wildman–Crippen MR) is 133 cm³/mol. The van der Waals surface area contributed by atoms with Crippen molar-refractivity contribution in [1.82, 2.24) is 24.5 Å². The van der Waals surface area contributed by atoms with Crippen LogP contribution in [0.2, 0.25) is 0 Å². The van der Waals surface area contributed by atoms with Crippen molar-refractivity contribution in [2.75, 3.05) is 5.75 Å². The maximum Gasteiger partial charge on any atom is 0.263 e. The number of hydrogen-bond acceptors (Lipinski definition) is 5. The van der Waals surface area contributed by atoms with E-state index in [2.05, 4.69) is 22.4 Å². The molecule has 8 heteroatoms. The van der Waals surface area contributed by atoms with E-state index < -0.39 is 0 Å². The van der Waals surface area contributed by atoms with E-state index >= 15 is 0 Å². The Bertz CT molecular complexity index is 1300. The lowest BCUT2D eigenvalue weighted by Gasteiger charge is -2.13. The highest BCUT2D eigenvalue weighted by atomic mass is 32.2. The summed E-state index contributed by atoms with van der Waals surface area (Å²) in [5, 5.41) is 12.9. The van der Waals surface area contributed by atoms with Gasteiger partial charge in [-0.3, -0.25) is 18.6 Å². The highest BCUT2D eigenvalue weighted by molar-refractivity contribution is 7.99. The molecule has 7 nitrogen and oxygen atoms in total. The summed E-state index contributed by atoms with van der Waals surface area (Å²) in [6.45, 7) is 4.61. The average molecular weight is 464 g/mol. The number of nitrogens with one attached hydrogen (secondary N) is 1. The van der Waals surface area contributed by atoms with Crippen molar-refractivity contribution in [3.8, 4) is 0 Å². The maximum atomic E-state index is 13.3. The molecule has 0 spiro atoms. The molecule has 1 amide bonds. The average Bonchev–Trinajstić information content (AvgIpc) is 3.25. The molecule has 0 saturated heterocycles. The van der Waals surface area contributed by atoms with E-state index in [1.165, 1.54) is 24.6 Å². The summed E-state index contributed by atoms with van der Waals surface area (Å²) in [5.74, 6) is 0.687. The van der Waals surface area contributed by atoms with Crippen molar-refractivity contribution in [3.63, 3.8) is 0 Å². The van der Waals surface area contributed by atoms with Crippen LogP contribution in [0.5, 0.6) is 0 Å². The minimum absolute atomic E-state index is 0.0253. The molecule has 33 heavy (non-hydrogen) atoms. The van der Waals surface area contributed by atoms with E-state index in [1.807, 2.05) is 65.9 Å². The monoisotopic (exact) mass is 463 g/mol.